The average Bonchev–Trinajstić information content (AvgIpc) is 3.06. The van der Waals surface area contributed by atoms with Gasteiger partial charge in [0.15, 0.2) is 0 Å². The molecule has 7 heteroatoms. The predicted molar refractivity (Wildman–Crippen MR) is 180 cm³/mol. The highest BCUT2D eigenvalue weighted by atomic mass is 35.5. The Labute approximate surface area is 272 Å². The minimum Gasteiger partial charge on any atom is -0.346 e. The van der Waals surface area contributed by atoms with Gasteiger partial charge in [0.25, 0.3) is 5.91 Å². The maximum Gasteiger partial charge on any atom is 0.253 e. The Balaban J connectivity index is 1.27. The number of nitrogens with one attached hydrogen (secondary N) is 1. The fourth-order valence-corrected chi connectivity index (χ4v) is 7.49. The van der Waals surface area contributed by atoms with Gasteiger partial charge in [-0.1, -0.05) is 91.1 Å². The molecule has 44 heavy (non-hydrogen) atoms. The molecular weight excluding hydrogens is 589 g/mol. The topological polar surface area (TPSA) is 52.7 Å². The Morgan fingerprint density at radius 3 is 2.20 bits per heavy atom. The van der Waals surface area contributed by atoms with Gasteiger partial charge in [-0.05, 0) is 86.9 Å². The fourth-order valence-electron chi connectivity index (χ4n) is 7.19. The van der Waals surface area contributed by atoms with Crippen LogP contribution >= 0.6 is 23.2 Å². The molecule has 1 atom stereocenters. The van der Waals surface area contributed by atoms with Crippen molar-refractivity contribution in [2.75, 3.05) is 32.7 Å². The van der Waals surface area contributed by atoms with Gasteiger partial charge in [-0.2, -0.15) is 0 Å². The molecule has 5 rings (SSSR count). The van der Waals surface area contributed by atoms with Crippen LogP contribution in [0.5, 0.6) is 0 Å². The van der Waals surface area contributed by atoms with Gasteiger partial charge in [0.05, 0.1) is 15.6 Å². The van der Waals surface area contributed by atoms with E-state index in [-0.39, 0.29) is 22.8 Å². The fraction of sp³-hybridized carbons (Fsp3) is 0.459. The lowest BCUT2D eigenvalue weighted by Crippen LogP contribution is -2.53. The number of carbonyl (C=O) groups is 2. The normalized spacial score (nSPS) is 20.3. The van der Waals surface area contributed by atoms with Crippen LogP contribution in [0, 0.1) is 0 Å². The summed E-state index contributed by atoms with van der Waals surface area (Å²) in [5.41, 5.74) is 2.59. The molecule has 2 saturated heterocycles. The number of unbranched alkanes of at least 4 members (excludes halogenated alkanes) is 1. The van der Waals surface area contributed by atoms with Crippen molar-refractivity contribution < 1.29 is 9.59 Å². The third-order valence-electron chi connectivity index (χ3n) is 9.72. The molecule has 2 aliphatic heterocycles. The van der Waals surface area contributed by atoms with Crippen LogP contribution in [0.2, 0.25) is 10.0 Å². The van der Waals surface area contributed by atoms with E-state index in [2.05, 4.69) is 47.5 Å². The minimum absolute atomic E-state index is 0.0870. The molecule has 234 valence electrons. The summed E-state index contributed by atoms with van der Waals surface area (Å²) in [6.45, 7) is 6.39. The number of hydrogen-bond donors (Lipinski definition) is 1. The molecule has 1 N–H and O–H groups in total. The van der Waals surface area contributed by atoms with Gasteiger partial charge in [-0.15, -0.1) is 0 Å². The Morgan fingerprint density at radius 2 is 1.52 bits per heavy atom. The van der Waals surface area contributed by atoms with E-state index in [9.17, 15) is 9.59 Å². The lowest BCUT2D eigenvalue weighted by atomic mass is 9.70. The van der Waals surface area contributed by atoms with E-state index in [0.29, 0.717) is 23.0 Å². The van der Waals surface area contributed by atoms with Crippen molar-refractivity contribution in [3.63, 3.8) is 0 Å². The van der Waals surface area contributed by atoms with Crippen LogP contribution in [0.4, 0.5) is 0 Å². The first kappa shape index (κ1) is 32.5. The molecule has 3 aromatic carbocycles. The largest absolute Gasteiger partial charge is 0.346 e. The molecule has 0 radical (unpaired) electrons. The lowest BCUT2D eigenvalue weighted by Gasteiger charge is -2.45. The number of rotatable bonds is 11. The smallest absolute Gasteiger partial charge is 0.253 e. The van der Waals surface area contributed by atoms with E-state index in [0.717, 1.165) is 88.7 Å². The molecule has 0 spiro atoms. The van der Waals surface area contributed by atoms with Gasteiger partial charge in [0.1, 0.15) is 0 Å². The molecule has 2 heterocycles. The number of hydrogen-bond acceptors (Lipinski definition) is 3. The number of nitrogens with zero attached hydrogens (tertiary/aromatic N) is 2. The molecule has 0 aromatic heterocycles. The highest BCUT2D eigenvalue weighted by Crippen LogP contribution is 2.41. The quantitative estimate of drug-likeness (QED) is 0.231. The van der Waals surface area contributed by atoms with Gasteiger partial charge < -0.3 is 15.1 Å². The van der Waals surface area contributed by atoms with Gasteiger partial charge >= 0.3 is 0 Å². The van der Waals surface area contributed by atoms with Crippen LogP contribution in [-0.2, 0) is 15.7 Å². The molecule has 5 nitrogen and oxygen atoms in total. The monoisotopic (exact) mass is 633 g/mol. The van der Waals surface area contributed by atoms with E-state index < -0.39 is 0 Å². The van der Waals surface area contributed by atoms with Crippen LogP contribution in [0.15, 0.2) is 78.9 Å². The zero-order valence-corrected chi connectivity index (χ0v) is 27.4. The molecule has 0 saturated carbocycles. The van der Waals surface area contributed by atoms with Crippen molar-refractivity contribution in [1.82, 2.24) is 15.1 Å². The van der Waals surface area contributed by atoms with Gasteiger partial charge in [-0.25, -0.2) is 0 Å². The van der Waals surface area contributed by atoms with Crippen molar-refractivity contribution in [2.45, 2.75) is 75.7 Å². The highest BCUT2D eigenvalue weighted by molar-refractivity contribution is 6.42. The zero-order valence-electron chi connectivity index (χ0n) is 25.9. The first-order chi connectivity index (χ1) is 21.3. The summed E-state index contributed by atoms with van der Waals surface area (Å²) in [7, 11) is 0. The molecule has 3 aromatic rings. The Hall–Kier alpha value is -2.86. The van der Waals surface area contributed by atoms with Crippen LogP contribution in [0.25, 0.3) is 0 Å². The number of carbonyl (C=O) groups excluding carboxylic acids is 2. The van der Waals surface area contributed by atoms with E-state index in [1.54, 1.807) is 0 Å². The summed E-state index contributed by atoms with van der Waals surface area (Å²) in [6.07, 6.45) is 8.21. The van der Waals surface area contributed by atoms with Gasteiger partial charge in [-0.3, -0.25) is 9.59 Å². The van der Waals surface area contributed by atoms with Crippen molar-refractivity contribution in [3.05, 3.63) is 106 Å². The van der Waals surface area contributed by atoms with Crippen molar-refractivity contribution in [3.8, 4) is 0 Å². The maximum atomic E-state index is 13.5. The van der Waals surface area contributed by atoms with E-state index >= 15 is 0 Å². The summed E-state index contributed by atoms with van der Waals surface area (Å²) in [4.78, 5) is 31.0. The molecular formula is C37H45Cl2N3O2. The van der Waals surface area contributed by atoms with Crippen LogP contribution < -0.4 is 5.32 Å². The summed E-state index contributed by atoms with van der Waals surface area (Å²) in [6, 6.07) is 26.1. The molecule has 2 fully saturated rings. The molecule has 2 amide bonds. The number of benzene rings is 3. The third kappa shape index (κ3) is 7.67. The number of piperidine rings is 2. The average molecular weight is 635 g/mol. The van der Waals surface area contributed by atoms with E-state index in [1.165, 1.54) is 5.56 Å². The lowest BCUT2D eigenvalue weighted by molar-refractivity contribution is -0.124. The Morgan fingerprint density at radius 1 is 0.818 bits per heavy atom. The number of likely N-dealkylation sites (tertiary alicyclic amines) is 2. The molecule has 2 aliphatic rings. The van der Waals surface area contributed by atoms with Crippen LogP contribution in [0.3, 0.4) is 0 Å². The van der Waals surface area contributed by atoms with Gasteiger partial charge in [0.2, 0.25) is 5.91 Å². The van der Waals surface area contributed by atoms with Crippen molar-refractivity contribution in [2.24, 2.45) is 0 Å². The summed E-state index contributed by atoms with van der Waals surface area (Å²) >= 11 is 12.9. The summed E-state index contributed by atoms with van der Waals surface area (Å²) in [5.74, 6) is 0.239. The summed E-state index contributed by atoms with van der Waals surface area (Å²) in [5, 5.41) is 4.56. The molecule has 0 bridgehead atoms. The third-order valence-corrected chi connectivity index (χ3v) is 10.5. The highest BCUT2D eigenvalue weighted by Gasteiger charge is 2.40. The standard InChI is InChI=1S/C37H45Cl2N3O2/c1-2-3-16-34(43)40-37(30-14-8-5-9-15-30)21-25-41(26-22-37)23-10-19-36(31-17-18-32(38)33(39)27-31)20-11-24-42(28-36)35(44)29-12-6-4-7-13-29/h4-9,12-15,17-18,27H,2-3,10-11,16,19-26,28H2,1H3,(H,40,43). The number of amides is 2. The van der Waals surface area contributed by atoms with Crippen molar-refractivity contribution in [1.29, 1.82) is 0 Å². The second kappa shape index (κ2) is 14.9. The number of halogens is 2. The van der Waals surface area contributed by atoms with E-state index in [1.807, 2.05) is 53.4 Å². The van der Waals surface area contributed by atoms with Gasteiger partial charge in [0, 0.05) is 43.6 Å². The van der Waals surface area contributed by atoms with E-state index in [4.69, 9.17) is 23.2 Å². The first-order valence-corrected chi connectivity index (χ1v) is 17.0. The predicted octanol–water partition coefficient (Wildman–Crippen LogP) is 8.25. The van der Waals surface area contributed by atoms with Crippen molar-refractivity contribution >= 4 is 35.0 Å². The SMILES string of the molecule is CCCCC(=O)NC1(c2ccccc2)CCN(CCCC2(c3ccc(Cl)c(Cl)c3)CCCN(C(=O)c3ccccc3)C2)CC1. The second-order valence-corrected chi connectivity index (χ2v) is 13.5. The molecule has 1 unspecified atom stereocenters. The zero-order chi connectivity index (χ0) is 31.0. The summed E-state index contributed by atoms with van der Waals surface area (Å²) < 4.78 is 0. The van der Waals surface area contributed by atoms with Crippen LogP contribution in [0.1, 0.15) is 86.2 Å². The maximum absolute atomic E-state index is 13.5. The van der Waals surface area contributed by atoms with Crippen LogP contribution in [-0.4, -0.2) is 54.3 Å². The minimum atomic E-state index is -0.314. The first-order valence-electron chi connectivity index (χ1n) is 16.2. The second-order valence-electron chi connectivity index (χ2n) is 12.7. The Bertz CT molecular complexity index is 1390. The Kier molecular flexibility index (Phi) is 11.1. The molecule has 0 aliphatic carbocycles.